The van der Waals surface area contributed by atoms with Crippen LogP contribution < -0.4 is 10.6 Å². The molecule has 0 aliphatic heterocycles. The smallest absolute Gasteiger partial charge is 0.191 e. The molecule has 1 heterocycles. The van der Waals surface area contributed by atoms with Crippen molar-refractivity contribution in [2.75, 3.05) is 46.6 Å². The normalized spacial score (nSPS) is 14.0. The third kappa shape index (κ3) is 8.81. The Kier molecular flexibility index (Phi) is 12.0. The Morgan fingerprint density at radius 1 is 1.38 bits per heavy atom. The molecule has 0 aromatic carbocycles. The van der Waals surface area contributed by atoms with Crippen LogP contribution in [0.25, 0.3) is 0 Å². The summed E-state index contributed by atoms with van der Waals surface area (Å²) in [6.07, 6.45) is 3.44. The van der Waals surface area contributed by atoms with Gasteiger partial charge in [0, 0.05) is 39.0 Å². The average Bonchev–Trinajstić information content (AvgIpc) is 2.95. The van der Waals surface area contributed by atoms with Crippen molar-refractivity contribution < 1.29 is 14.6 Å². The van der Waals surface area contributed by atoms with E-state index in [1.807, 2.05) is 14.0 Å². The number of aliphatic hydroxyl groups is 1. The Morgan fingerprint density at radius 2 is 2.12 bits per heavy atom. The lowest BCUT2D eigenvalue weighted by atomic mass is 10.0. The molecule has 0 radical (unpaired) electrons. The van der Waals surface area contributed by atoms with E-state index in [4.69, 9.17) is 9.47 Å². The van der Waals surface area contributed by atoms with Crippen molar-refractivity contribution in [1.29, 1.82) is 0 Å². The van der Waals surface area contributed by atoms with Gasteiger partial charge in [-0.2, -0.15) is 5.10 Å². The van der Waals surface area contributed by atoms with Gasteiger partial charge < -0.3 is 25.2 Å². The number of methoxy groups -OCH3 is 1. The minimum absolute atomic E-state index is 0. The van der Waals surface area contributed by atoms with E-state index in [2.05, 4.69) is 20.7 Å². The fourth-order valence-corrected chi connectivity index (χ4v) is 1.85. The van der Waals surface area contributed by atoms with Crippen LogP contribution in [-0.2, 0) is 22.1 Å². The van der Waals surface area contributed by atoms with Crippen molar-refractivity contribution in [3.05, 3.63) is 18.0 Å². The summed E-state index contributed by atoms with van der Waals surface area (Å²) in [5, 5.41) is 20.9. The minimum Gasteiger partial charge on any atom is -0.383 e. The zero-order chi connectivity index (χ0) is 17.1. The Labute approximate surface area is 161 Å². The van der Waals surface area contributed by atoms with Gasteiger partial charge in [-0.25, -0.2) is 4.99 Å². The molecule has 0 aliphatic rings. The lowest BCUT2D eigenvalue weighted by Gasteiger charge is -2.20. The van der Waals surface area contributed by atoms with Crippen molar-refractivity contribution in [2.24, 2.45) is 12.0 Å². The Bertz CT molecular complexity index is 479. The maximum atomic E-state index is 10.5. The molecule has 0 amide bonds. The largest absolute Gasteiger partial charge is 0.383 e. The van der Waals surface area contributed by atoms with E-state index in [0.29, 0.717) is 32.3 Å². The molecular formula is C15H30IN5O3. The van der Waals surface area contributed by atoms with Gasteiger partial charge in [0.05, 0.1) is 32.6 Å². The zero-order valence-electron chi connectivity index (χ0n) is 14.9. The first kappa shape index (κ1) is 23.1. The van der Waals surface area contributed by atoms with Gasteiger partial charge in [-0.05, 0) is 13.8 Å². The summed E-state index contributed by atoms with van der Waals surface area (Å²) in [4.78, 5) is 4.43. The molecule has 0 spiro atoms. The van der Waals surface area contributed by atoms with Crippen LogP contribution >= 0.6 is 24.0 Å². The van der Waals surface area contributed by atoms with Crippen molar-refractivity contribution in [1.82, 2.24) is 20.4 Å². The standard InChI is InChI=1S/C15H29N5O3.HI/c1-5-16-14(17-6-7-23-9-8-22-4)18-12-15(2,21)13-10-19-20(3)11-13;/h10-11,21H,5-9,12H2,1-4H3,(H2,16,17,18);1H. The molecule has 1 aromatic heterocycles. The Balaban J connectivity index is 0.00000529. The van der Waals surface area contributed by atoms with Gasteiger partial charge in [-0.15, -0.1) is 24.0 Å². The molecule has 3 N–H and O–H groups in total. The summed E-state index contributed by atoms with van der Waals surface area (Å²) < 4.78 is 12.0. The molecule has 1 unspecified atom stereocenters. The highest BCUT2D eigenvalue weighted by molar-refractivity contribution is 14.0. The van der Waals surface area contributed by atoms with Crippen LogP contribution in [0.4, 0.5) is 0 Å². The first-order chi connectivity index (χ1) is 11.0. The molecule has 24 heavy (non-hydrogen) atoms. The van der Waals surface area contributed by atoms with E-state index >= 15 is 0 Å². The number of rotatable bonds is 10. The Morgan fingerprint density at radius 3 is 2.71 bits per heavy atom. The fourth-order valence-electron chi connectivity index (χ4n) is 1.85. The van der Waals surface area contributed by atoms with E-state index in [1.54, 1.807) is 31.1 Å². The summed E-state index contributed by atoms with van der Waals surface area (Å²) in [7, 11) is 3.46. The summed E-state index contributed by atoms with van der Waals surface area (Å²) >= 11 is 0. The molecule has 0 bridgehead atoms. The lowest BCUT2D eigenvalue weighted by Crippen LogP contribution is -2.40. The monoisotopic (exact) mass is 455 g/mol. The Hall–Kier alpha value is -0.910. The second-order valence-electron chi connectivity index (χ2n) is 5.40. The van der Waals surface area contributed by atoms with Gasteiger partial charge in [-0.3, -0.25) is 4.68 Å². The summed E-state index contributed by atoms with van der Waals surface area (Å²) in [6.45, 7) is 7.04. The minimum atomic E-state index is -1.06. The number of aryl methyl sites for hydroxylation is 1. The maximum absolute atomic E-state index is 10.5. The number of nitrogens with zero attached hydrogens (tertiary/aromatic N) is 3. The van der Waals surface area contributed by atoms with Gasteiger partial charge in [0.2, 0.25) is 0 Å². The van der Waals surface area contributed by atoms with Crippen LogP contribution in [0.5, 0.6) is 0 Å². The number of aromatic nitrogens is 2. The average molecular weight is 455 g/mol. The van der Waals surface area contributed by atoms with Crippen molar-refractivity contribution in [3.8, 4) is 0 Å². The predicted octanol–water partition coefficient (Wildman–Crippen LogP) is 0.464. The third-order valence-corrected chi connectivity index (χ3v) is 3.19. The van der Waals surface area contributed by atoms with Gasteiger partial charge in [0.25, 0.3) is 0 Å². The second-order valence-corrected chi connectivity index (χ2v) is 5.40. The third-order valence-electron chi connectivity index (χ3n) is 3.19. The topological polar surface area (TPSA) is 92.9 Å². The van der Waals surface area contributed by atoms with Crippen LogP contribution in [-0.4, -0.2) is 67.4 Å². The quantitative estimate of drug-likeness (QED) is 0.206. The summed E-state index contributed by atoms with van der Waals surface area (Å²) in [5.74, 6) is 0.645. The number of ether oxygens (including phenoxy) is 2. The molecule has 1 aromatic rings. The second kappa shape index (κ2) is 12.5. The molecule has 0 aliphatic carbocycles. The highest BCUT2D eigenvalue weighted by Crippen LogP contribution is 2.19. The maximum Gasteiger partial charge on any atom is 0.191 e. The lowest BCUT2D eigenvalue weighted by molar-refractivity contribution is 0.0669. The van der Waals surface area contributed by atoms with E-state index in [-0.39, 0.29) is 30.5 Å². The van der Waals surface area contributed by atoms with Crippen LogP contribution in [0.1, 0.15) is 19.4 Å². The highest BCUT2D eigenvalue weighted by Gasteiger charge is 2.24. The van der Waals surface area contributed by atoms with E-state index in [1.165, 1.54) is 0 Å². The van der Waals surface area contributed by atoms with Crippen molar-refractivity contribution in [3.63, 3.8) is 0 Å². The highest BCUT2D eigenvalue weighted by atomic mass is 127. The number of guanidine groups is 1. The fraction of sp³-hybridized carbons (Fsp3) is 0.733. The van der Waals surface area contributed by atoms with Crippen LogP contribution in [0.3, 0.4) is 0 Å². The molecule has 0 saturated heterocycles. The molecule has 0 fully saturated rings. The molecule has 9 heteroatoms. The molecular weight excluding hydrogens is 425 g/mol. The van der Waals surface area contributed by atoms with Gasteiger partial charge in [-0.1, -0.05) is 0 Å². The molecule has 140 valence electrons. The zero-order valence-corrected chi connectivity index (χ0v) is 17.2. The van der Waals surface area contributed by atoms with E-state index < -0.39 is 5.60 Å². The number of nitrogens with one attached hydrogen (secondary N) is 2. The summed E-state index contributed by atoms with van der Waals surface area (Å²) in [6, 6.07) is 0. The number of halogens is 1. The van der Waals surface area contributed by atoms with Gasteiger partial charge in [0.15, 0.2) is 5.96 Å². The van der Waals surface area contributed by atoms with Crippen LogP contribution in [0.15, 0.2) is 17.4 Å². The number of aliphatic imine (C=N–C) groups is 1. The predicted molar refractivity (Wildman–Crippen MR) is 105 cm³/mol. The van der Waals surface area contributed by atoms with Crippen LogP contribution in [0.2, 0.25) is 0 Å². The van der Waals surface area contributed by atoms with Gasteiger partial charge in [0.1, 0.15) is 5.60 Å². The van der Waals surface area contributed by atoms with Gasteiger partial charge >= 0.3 is 0 Å². The molecule has 1 atom stereocenters. The first-order valence-electron chi connectivity index (χ1n) is 7.80. The SMILES string of the molecule is CCNC(=NCC(C)(O)c1cnn(C)c1)NCCOCCOC.I. The molecule has 8 nitrogen and oxygen atoms in total. The van der Waals surface area contributed by atoms with Crippen molar-refractivity contribution in [2.45, 2.75) is 19.4 Å². The summed E-state index contributed by atoms with van der Waals surface area (Å²) in [5.41, 5.74) is -0.325. The molecule has 1 rings (SSSR count). The molecule has 0 saturated carbocycles. The van der Waals surface area contributed by atoms with Crippen molar-refractivity contribution >= 4 is 29.9 Å². The first-order valence-corrected chi connectivity index (χ1v) is 7.80. The number of hydrogen-bond acceptors (Lipinski definition) is 5. The van der Waals surface area contributed by atoms with E-state index in [0.717, 1.165) is 12.1 Å². The van der Waals surface area contributed by atoms with Crippen LogP contribution in [0, 0.1) is 0 Å². The van der Waals surface area contributed by atoms with E-state index in [9.17, 15) is 5.11 Å². The number of hydrogen-bond donors (Lipinski definition) is 3.